The third-order valence-corrected chi connectivity index (χ3v) is 3.16. The van der Waals surface area contributed by atoms with Crippen LogP contribution in [0.5, 0.6) is 0 Å². The molecule has 2 rings (SSSR count). The van der Waals surface area contributed by atoms with Crippen LogP contribution in [-0.4, -0.2) is 9.97 Å². The maximum absolute atomic E-state index is 13.7. The van der Waals surface area contributed by atoms with E-state index in [2.05, 4.69) is 15.3 Å². The maximum Gasteiger partial charge on any atom is 0.135 e. The Labute approximate surface area is 123 Å². The van der Waals surface area contributed by atoms with Gasteiger partial charge in [-0.3, -0.25) is 0 Å². The fourth-order valence-corrected chi connectivity index (χ4v) is 2.08. The first-order chi connectivity index (χ1) is 9.47. The molecule has 0 aliphatic rings. The van der Waals surface area contributed by atoms with Gasteiger partial charge in [-0.2, -0.15) is 0 Å². The number of rotatable bonds is 4. The van der Waals surface area contributed by atoms with Crippen molar-refractivity contribution >= 4 is 17.4 Å². The molecule has 1 aromatic heterocycles. The summed E-state index contributed by atoms with van der Waals surface area (Å²) in [7, 11) is 0. The van der Waals surface area contributed by atoms with E-state index in [1.807, 2.05) is 26.8 Å². The zero-order valence-corrected chi connectivity index (χ0v) is 12.4. The highest BCUT2D eigenvalue weighted by atomic mass is 35.5. The second kappa shape index (κ2) is 6.18. The predicted molar refractivity (Wildman–Crippen MR) is 79.6 cm³/mol. The Hall–Kier alpha value is -1.68. The molecule has 0 aliphatic heterocycles. The van der Waals surface area contributed by atoms with Crippen molar-refractivity contribution in [3.05, 3.63) is 52.7 Å². The van der Waals surface area contributed by atoms with Gasteiger partial charge in [-0.05, 0) is 13.0 Å². The first-order valence-electron chi connectivity index (χ1n) is 6.53. The monoisotopic (exact) mass is 293 g/mol. The molecule has 0 spiro atoms. The number of anilines is 1. The normalized spacial score (nSPS) is 12.5. The van der Waals surface area contributed by atoms with Crippen molar-refractivity contribution in [2.45, 2.75) is 32.7 Å². The lowest BCUT2D eigenvalue weighted by atomic mass is 10.1. The van der Waals surface area contributed by atoms with Gasteiger partial charge >= 0.3 is 0 Å². The molecule has 0 saturated carbocycles. The minimum atomic E-state index is -0.239. The van der Waals surface area contributed by atoms with Crippen LogP contribution in [0.25, 0.3) is 0 Å². The Morgan fingerprint density at radius 1 is 1.15 bits per heavy atom. The number of benzene rings is 1. The molecule has 3 nitrogen and oxygen atoms in total. The van der Waals surface area contributed by atoms with Crippen LogP contribution in [0, 0.1) is 5.82 Å². The van der Waals surface area contributed by atoms with Gasteiger partial charge in [-0.15, -0.1) is 0 Å². The molecule has 1 N–H and O–H groups in total. The number of aromatic nitrogens is 2. The Kier molecular flexibility index (Phi) is 4.55. The van der Waals surface area contributed by atoms with Crippen molar-refractivity contribution in [2.24, 2.45) is 0 Å². The fraction of sp³-hybridized carbons (Fsp3) is 0.333. The summed E-state index contributed by atoms with van der Waals surface area (Å²) in [6.07, 6.45) is 0. The molecule has 1 aromatic carbocycles. The lowest BCUT2D eigenvalue weighted by Crippen LogP contribution is -2.11. The molecule has 1 atom stereocenters. The first-order valence-corrected chi connectivity index (χ1v) is 6.90. The fourth-order valence-electron chi connectivity index (χ4n) is 1.89. The zero-order valence-electron chi connectivity index (χ0n) is 11.7. The molecule has 0 aliphatic carbocycles. The van der Waals surface area contributed by atoms with Crippen molar-refractivity contribution < 1.29 is 4.39 Å². The van der Waals surface area contributed by atoms with E-state index in [0.29, 0.717) is 22.4 Å². The highest BCUT2D eigenvalue weighted by molar-refractivity contribution is 6.29. The molecule has 2 aromatic rings. The maximum atomic E-state index is 13.7. The van der Waals surface area contributed by atoms with Gasteiger partial charge in [0.2, 0.25) is 0 Å². The summed E-state index contributed by atoms with van der Waals surface area (Å²) in [6, 6.07) is 8.11. The van der Waals surface area contributed by atoms with Gasteiger partial charge in [0.05, 0.1) is 6.04 Å². The first kappa shape index (κ1) is 14.7. The quantitative estimate of drug-likeness (QED) is 0.839. The van der Waals surface area contributed by atoms with Gasteiger partial charge in [0.15, 0.2) is 0 Å². The summed E-state index contributed by atoms with van der Waals surface area (Å²) in [5, 5.41) is 3.54. The van der Waals surface area contributed by atoms with Gasteiger partial charge in [-0.1, -0.05) is 43.6 Å². The van der Waals surface area contributed by atoms with Gasteiger partial charge in [0.25, 0.3) is 0 Å². The number of hydrogen-bond donors (Lipinski definition) is 1. The van der Waals surface area contributed by atoms with E-state index in [0.717, 1.165) is 0 Å². The zero-order chi connectivity index (χ0) is 14.7. The molecule has 20 heavy (non-hydrogen) atoms. The van der Waals surface area contributed by atoms with E-state index >= 15 is 0 Å². The van der Waals surface area contributed by atoms with E-state index in [1.165, 1.54) is 6.07 Å². The van der Waals surface area contributed by atoms with Crippen molar-refractivity contribution in [2.75, 3.05) is 5.32 Å². The molecule has 0 bridgehead atoms. The summed E-state index contributed by atoms with van der Waals surface area (Å²) in [5.74, 6) is 1.21. The topological polar surface area (TPSA) is 37.8 Å². The summed E-state index contributed by atoms with van der Waals surface area (Å²) in [4.78, 5) is 8.57. The van der Waals surface area contributed by atoms with Crippen LogP contribution in [-0.2, 0) is 0 Å². The van der Waals surface area contributed by atoms with E-state index in [4.69, 9.17) is 11.6 Å². The average Bonchev–Trinajstić information content (AvgIpc) is 2.38. The van der Waals surface area contributed by atoms with E-state index in [1.54, 1.807) is 18.2 Å². The van der Waals surface area contributed by atoms with E-state index < -0.39 is 0 Å². The van der Waals surface area contributed by atoms with Gasteiger partial charge in [-0.25, -0.2) is 14.4 Å². The smallest absolute Gasteiger partial charge is 0.135 e. The third kappa shape index (κ3) is 3.45. The molecule has 0 fully saturated rings. The van der Waals surface area contributed by atoms with Crippen LogP contribution in [0.3, 0.4) is 0 Å². The molecule has 0 saturated heterocycles. The number of halogens is 2. The van der Waals surface area contributed by atoms with Crippen molar-refractivity contribution in [1.82, 2.24) is 9.97 Å². The molecule has 1 unspecified atom stereocenters. The van der Waals surface area contributed by atoms with Crippen molar-refractivity contribution in [1.29, 1.82) is 0 Å². The predicted octanol–water partition coefficient (Wildman–Crippen LogP) is 4.57. The molecular weight excluding hydrogens is 277 g/mol. The van der Waals surface area contributed by atoms with Crippen LogP contribution in [0.1, 0.15) is 44.1 Å². The summed E-state index contributed by atoms with van der Waals surface area (Å²) in [6.45, 7) is 5.87. The van der Waals surface area contributed by atoms with Crippen LogP contribution in [0.2, 0.25) is 5.15 Å². The molecule has 1 heterocycles. The molecule has 0 radical (unpaired) electrons. The minimum absolute atomic E-state index is 0.179. The average molecular weight is 294 g/mol. The molecule has 106 valence electrons. The highest BCUT2D eigenvalue weighted by Crippen LogP contribution is 2.23. The SMILES string of the molecule is CC(C)c1nc(Cl)cc(NC(C)c2ccccc2F)n1. The van der Waals surface area contributed by atoms with Crippen LogP contribution < -0.4 is 5.32 Å². The number of hydrogen-bond acceptors (Lipinski definition) is 3. The standard InChI is InChI=1S/C15H17ClFN3/c1-9(2)15-19-13(16)8-14(20-15)18-10(3)11-6-4-5-7-12(11)17/h4-10H,1-3H3,(H,18,19,20). The van der Waals surface area contributed by atoms with E-state index in [9.17, 15) is 4.39 Å². The Bertz CT molecular complexity index is 601. The van der Waals surface area contributed by atoms with Gasteiger partial charge in [0.1, 0.15) is 22.6 Å². The molecule has 0 amide bonds. The van der Waals surface area contributed by atoms with Crippen molar-refractivity contribution in [3.63, 3.8) is 0 Å². The second-order valence-corrected chi connectivity index (χ2v) is 5.36. The lowest BCUT2D eigenvalue weighted by Gasteiger charge is -2.16. The summed E-state index contributed by atoms with van der Waals surface area (Å²) < 4.78 is 13.7. The number of nitrogens with zero attached hydrogens (tertiary/aromatic N) is 2. The Balaban J connectivity index is 2.24. The highest BCUT2D eigenvalue weighted by Gasteiger charge is 2.13. The minimum Gasteiger partial charge on any atom is -0.363 e. The number of nitrogens with one attached hydrogen (secondary N) is 1. The lowest BCUT2D eigenvalue weighted by molar-refractivity contribution is 0.600. The molecular formula is C15H17ClFN3. The summed E-state index contributed by atoms with van der Waals surface area (Å²) >= 11 is 5.99. The van der Waals surface area contributed by atoms with Crippen LogP contribution >= 0.6 is 11.6 Å². The van der Waals surface area contributed by atoms with Crippen LogP contribution in [0.15, 0.2) is 30.3 Å². The Morgan fingerprint density at radius 2 is 1.85 bits per heavy atom. The summed E-state index contributed by atoms with van der Waals surface area (Å²) in [5.41, 5.74) is 0.591. The second-order valence-electron chi connectivity index (χ2n) is 4.98. The van der Waals surface area contributed by atoms with Crippen LogP contribution in [0.4, 0.5) is 10.2 Å². The third-order valence-electron chi connectivity index (χ3n) is 2.96. The Morgan fingerprint density at radius 3 is 2.50 bits per heavy atom. The van der Waals surface area contributed by atoms with Gasteiger partial charge < -0.3 is 5.32 Å². The molecule has 5 heteroatoms. The van der Waals surface area contributed by atoms with Gasteiger partial charge in [0, 0.05) is 17.5 Å². The van der Waals surface area contributed by atoms with E-state index in [-0.39, 0.29) is 17.8 Å². The largest absolute Gasteiger partial charge is 0.363 e. The van der Waals surface area contributed by atoms with Crippen molar-refractivity contribution in [3.8, 4) is 0 Å².